The van der Waals surface area contributed by atoms with Gasteiger partial charge in [-0.1, -0.05) is 66.2 Å². The Morgan fingerprint density at radius 3 is 2.00 bits per heavy atom. The van der Waals surface area contributed by atoms with Crippen LogP contribution in [0.2, 0.25) is 10.0 Å². The van der Waals surface area contributed by atoms with E-state index >= 15 is 0 Å². The summed E-state index contributed by atoms with van der Waals surface area (Å²) in [5.74, 6) is -0.171. The van der Waals surface area contributed by atoms with E-state index < -0.39 is 0 Å². The van der Waals surface area contributed by atoms with Gasteiger partial charge < -0.3 is 0 Å². The van der Waals surface area contributed by atoms with E-state index in [0.29, 0.717) is 15.6 Å². The fraction of sp³-hybridized carbons (Fsp3) is 0.0556. The minimum absolute atomic E-state index is 0.171. The zero-order valence-electron chi connectivity index (χ0n) is 11.3. The maximum atomic E-state index is 11.1. The number of benzene rings is 2. The third-order valence-electron chi connectivity index (χ3n) is 3.13. The van der Waals surface area contributed by atoms with Crippen molar-refractivity contribution in [1.29, 1.82) is 0 Å². The number of aldehydes is 1. The standard InChI is InChI=1S/C18H14Cl2O/c1-13(12-21)18(15-5-9-17(20)10-6-15)11-4-14-2-7-16(19)8-3-14/h2-12,18H,1H2/b11-4+. The number of hydrogen-bond donors (Lipinski definition) is 0. The maximum Gasteiger partial charge on any atom is 0.146 e. The van der Waals surface area contributed by atoms with E-state index in [9.17, 15) is 4.79 Å². The summed E-state index contributed by atoms with van der Waals surface area (Å²) in [6, 6.07) is 14.9. The average molecular weight is 317 g/mol. The molecule has 3 heteroatoms. The molecule has 21 heavy (non-hydrogen) atoms. The summed E-state index contributed by atoms with van der Waals surface area (Å²) < 4.78 is 0. The van der Waals surface area contributed by atoms with Gasteiger partial charge in [0.15, 0.2) is 0 Å². The Balaban J connectivity index is 2.28. The van der Waals surface area contributed by atoms with Crippen molar-refractivity contribution in [3.05, 3.63) is 87.9 Å². The first-order valence-electron chi connectivity index (χ1n) is 6.43. The number of hydrogen-bond acceptors (Lipinski definition) is 1. The zero-order chi connectivity index (χ0) is 15.2. The first-order valence-corrected chi connectivity index (χ1v) is 7.19. The molecular weight excluding hydrogens is 303 g/mol. The molecule has 0 spiro atoms. The van der Waals surface area contributed by atoms with Crippen molar-refractivity contribution < 1.29 is 4.79 Å². The van der Waals surface area contributed by atoms with Crippen LogP contribution < -0.4 is 0 Å². The van der Waals surface area contributed by atoms with Crippen LogP contribution in [0.3, 0.4) is 0 Å². The zero-order valence-corrected chi connectivity index (χ0v) is 12.8. The molecule has 1 atom stereocenters. The number of halogens is 2. The van der Waals surface area contributed by atoms with E-state index in [-0.39, 0.29) is 5.92 Å². The Bertz CT molecular complexity index is 655. The van der Waals surface area contributed by atoms with E-state index in [2.05, 4.69) is 6.58 Å². The van der Waals surface area contributed by atoms with Gasteiger partial charge in [0.1, 0.15) is 6.29 Å². The number of rotatable bonds is 5. The van der Waals surface area contributed by atoms with Gasteiger partial charge in [0.2, 0.25) is 0 Å². The molecule has 0 aliphatic rings. The predicted octanol–water partition coefficient (Wildman–Crippen LogP) is 5.55. The summed E-state index contributed by atoms with van der Waals surface area (Å²) in [4.78, 5) is 11.1. The molecular formula is C18H14Cl2O. The monoisotopic (exact) mass is 316 g/mol. The van der Waals surface area contributed by atoms with Crippen molar-refractivity contribution >= 4 is 35.6 Å². The Morgan fingerprint density at radius 1 is 0.952 bits per heavy atom. The van der Waals surface area contributed by atoms with Crippen LogP contribution in [0.25, 0.3) is 6.08 Å². The largest absolute Gasteiger partial charge is 0.298 e. The molecule has 0 aromatic heterocycles. The van der Waals surface area contributed by atoms with E-state index in [4.69, 9.17) is 23.2 Å². The van der Waals surface area contributed by atoms with Crippen molar-refractivity contribution in [3.8, 4) is 0 Å². The van der Waals surface area contributed by atoms with Gasteiger partial charge in [0.25, 0.3) is 0 Å². The Hall–Kier alpha value is -1.83. The van der Waals surface area contributed by atoms with Crippen LogP contribution in [-0.2, 0) is 4.79 Å². The van der Waals surface area contributed by atoms with Crippen LogP contribution in [0, 0.1) is 0 Å². The lowest BCUT2D eigenvalue weighted by Crippen LogP contribution is -1.99. The van der Waals surface area contributed by atoms with Gasteiger partial charge in [-0.25, -0.2) is 0 Å². The summed E-state index contributed by atoms with van der Waals surface area (Å²) in [5, 5.41) is 1.36. The van der Waals surface area contributed by atoms with Crippen molar-refractivity contribution in [2.75, 3.05) is 0 Å². The second-order valence-electron chi connectivity index (χ2n) is 4.63. The van der Waals surface area contributed by atoms with Gasteiger partial charge in [-0.15, -0.1) is 0 Å². The normalized spacial score (nSPS) is 12.3. The summed E-state index contributed by atoms with van der Waals surface area (Å²) in [6.07, 6.45) is 4.68. The van der Waals surface area contributed by atoms with Crippen LogP contribution >= 0.6 is 23.2 Å². The summed E-state index contributed by atoms with van der Waals surface area (Å²) in [6.45, 7) is 3.83. The molecule has 1 unspecified atom stereocenters. The molecule has 2 aromatic carbocycles. The second kappa shape index (κ2) is 7.26. The highest BCUT2D eigenvalue weighted by Gasteiger charge is 2.11. The van der Waals surface area contributed by atoms with Gasteiger partial charge >= 0.3 is 0 Å². The first-order chi connectivity index (χ1) is 10.1. The molecule has 0 bridgehead atoms. The lowest BCUT2D eigenvalue weighted by molar-refractivity contribution is -0.105. The molecule has 0 aliphatic carbocycles. The average Bonchev–Trinajstić information content (AvgIpc) is 2.50. The molecule has 0 amide bonds. The summed E-state index contributed by atoms with van der Waals surface area (Å²) in [5.41, 5.74) is 2.49. The van der Waals surface area contributed by atoms with Gasteiger partial charge in [-0.3, -0.25) is 4.79 Å². The van der Waals surface area contributed by atoms with Gasteiger partial charge in [-0.2, -0.15) is 0 Å². The highest BCUT2D eigenvalue weighted by Crippen LogP contribution is 2.26. The second-order valence-corrected chi connectivity index (χ2v) is 5.51. The predicted molar refractivity (Wildman–Crippen MR) is 89.9 cm³/mol. The van der Waals surface area contributed by atoms with Crippen LogP contribution in [0.4, 0.5) is 0 Å². The highest BCUT2D eigenvalue weighted by molar-refractivity contribution is 6.30. The van der Waals surface area contributed by atoms with Crippen molar-refractivity contribution in [3.63, 3.8) is 0 Å². The van der Waals surface area contributed by atoms with Crippen molar-refractivity contribution in [2.24, 2.45) is 0 Å². The molecule has 0 heterocycles. The first kappa shape index (κ1) is 15.6. The van der Waals surface area contributed by atoms with Crippen molar-refractivity contribution in [2.45, 2.75) is 5.92 Å². The van der Waals surface area contributed by atoms with Crippen LogP contribution in [0.5, 0.6) is 0 Å². The molecule has 0 fully saturated rings. The Morgan fingerprint density at radius 2 is 1.48 bits per heavy atom. The molecule has 0 saturated carbocycles. The molecule has 0 aliphatic heterocycles. The minimum atomic E-state index is -0.171. The number of allylic oxidation sites excluding steroid dienone is 2. The Kier molecular flexibility index (Phi) is 5.38. The SMILES string of the molecule is C=C(C=O)C(/C=C/c1ccc(Cl)cc1)c1ccc(Cl)cc1. The topological polar surface area (TPSA) is 17.1 Å². The Labute approximate surface area is 134 Å². The lowest BCUT2D eigenvalue weighted by atomic mass is 9.92. The van der Waals surface area contributed by atoms with Gasteiger partial charge in [-0.05, 0) is 41.0 Å². The fourth-order valence-corrected chi connectivity index (χ4v) is 2.23. The number of carbonyl (C=O) groups is 1. The maximum absolute atomic E-state index is 11.1. The molecule has 0 radical (unpaired) electrons. The molecule has 0 saturated heterocycles. The summed E-state index contributed by atoms with van der Waals surface area (Å²) in [7, 11) is 0. The van der Waals surface area contributed by atoms with Gasteiger partial charge in [0.05, 0.1) is 0 Å². The van der Waals surface area contributed by atoms with Crippen LogP contribution in [0.15, 0.2) is 66.8 Å². The summed E-state index contributed by atoms with van der Waals surface area (Å²) >= 11 is 11.8. The van der Waals surface area contributed by atoms with Gasteiger partial charge in [0, 0.05) is 16.0 Å². The molecule has 1 nitrogen and oxygen atoms in total. The molecule has 2 aromatic rings. The quantitative estimate of drug-likeness (QED) is 0.522. The van der Waals surface area contributed by atoms with E-state index in [1.54, 1.807) is 12.1 Å². The van der Waals surface area contributed by atoms with E-state index in [0.717, 1.165) is 17.4 Å². The minimum Gasteiger partial charge on any atom is -0.298 e. The van der Waals surface area contributed by atoms with Crippen LogP contribution in [-0.4, -0.2) is 6.29 Å². The molecule has 0 N–H and O–H groups in total. The van der Waals surface area contributed by atoms with Crippen LogP contribution in [0.1, 0.15) is 17.0 Å². The number of carbonyl (C=O) groups excluding carboxylic acids is 1. The molecule has 2 rings (SSSR count). The van der Waals surface area contributed by atoms with E-state index in [1.807, 2.05) is 48.6 Å². The fourth-order valence-electron chi connectivity index (χ4n) is 1.97. The third kappa shape index (κ3) is 4.32. The smallest absolute Gasteiger partial charge is 0.146 e. The third-order valence-corrected chi connectivity index (χ3v) is 3.64. The lowest BCUT2D eigenvalue weighted by Gasteiger charge is -2.12. The highest BCUT2D eigenvalue weighted by atomic mass is 35.5. The van der Waals surface area contributed by atoms with E-state index in [1.165, 1.54) is 0 Å². The van der Waals surface area contributed by atoms with Crippen molar-refractivity contribution in [1.82, 2.24) is 0 Å². The molecule has 106 valence electrons.